The first-order valence-corrected chi connectivity index (χ1v) is 14.3. The molecular formula is C22H22ClN5O4S3. The third-order valence-corrected chi connectivity index (χ3v) is 10.4. The molecule has 1 unspecified atom stereocenters. The van der Waals surface area contributed by atoms with Crippen LogP contribution in [0.3, 0.4) is 0 Å². The van der Waals surface area contributed by atoms with Crippen molar-refractivity contribution >= 4 is 65.6 Å². The molecule has 3 aromatic heterocycles. The maximum Gasteiger partial charge on any atom is 0.253 e. The molecule has 0 N–H and O–H groups in total. The number of carbonyl (C=O) groups is 1. The van der Waals surface area contributed by atoms with Gasteiger partial charge in [-0.05, 0) is 49.2 Å². The Kier molecular flexibility index (Phi) is 6.82. The highest BCUT2D eigenvalue weighted by Gasteiger charge is 2.42. The molecule has 0 spiro atoms. The van der Waals surface area contributed by atoms with E-state index in [2.05, 4.69) is 10.1 Å². The lowest BCUT2D eigenvalue weighted by molar-refractivity contribution is -0.121. The van der Waals surface area contributed by atoms with E-state index in [4.69, 9.17) is 16.3 Å². The number of benzene rings is 1. The van der Waals surface area contributed by atoms with E-state index in [0.29, 0.717) is 41.1 Å². The number of halogens is 1. The lowest BCUT2D eigenvalue weighted by atomic mass is 10.2. The number of rotatable bonds is 8. The monoisotopic (exact) mass is 551 g/mol. The molecule has 4 aromatic rings. The molecule has 4 heterocycles. The number of aromatic nitrogens is 3. The van der Waals surface area contributed by atoms with Crippen LogP contribution in [0.2, 0.25) is 4.34 Å². The zero-order chi connectivity index (χ0) is 24.6. The van der Waals surface area contributed by atoms with Gasteiger partial charge in [-0.2, -0.15) is 9.40 Å². The number of fused-ring (bicyclic) bond motifs is 1. The van der Waals surface area contributed by atoms with Crippen molar-refractivity contribution in [1.82, 2.24) is 19.1 Å². The van der Waals surface area contributed by atoms with Gasteiger partial charge in [-0.25, -0.2) is 13.4 Å². The Bertz CT molecular complexity index is 1450. The zero-order valence-corrected chi connectivity index (χ0v) is 21.9. The number of amides is 1. The van der Waals surface area contributed by atoms with E-state index in [0.717, 1.165) is 21.6 Å². The molecule has 1 atom stereocenters. The summed E-state index contributed by atoms with van der Waals surface area (Å²) >= 11 is 8.35. The molecule has 35 heavy (non-hydrogen) atoms. The van der Waals surface area contributed by atoms with E-state index in [1.807, 2.05) is 30.5 Å². The first kappa shape index (κ1) is 24.2. The highest BCUT2D eigenvalue weighted by molar-refractivity contribution is 7.91. The first-order chi connectivity index (χ1) is 16.9. The molecule has 0 aliphatic carbocycles. The van der Waals surface area contributed by atoms with Crippen molar-refractivity contribution in [2.75, 3.05) is 25.1 Å². The fourth-order valence-corrected chi connectivity index (χ4v) is 8.37. The average Bonchev–Trinajstić information content (AvgIpc) is 3.65. The summed E-state index contributed by atoms with van der Waals surface area (Å²) in [7, 11) is -2.25. The van der Waals surface area contributed by atoms with Gasteiger partial charge in [0.15, 0.2) is 5.13 Å². The summed E-state index contributed by atoms with van der Waals surface area (Å²) in [6, 6.07) is 9.57. The number of thiophene rings is 1. The van der Waals surface area contributed by atoms with Crippen LogP contribution in [0.25, 0.3) is 10.2 Å². The number of carbonyl (C=O) groups excluding carboxylic acids is 1. The van der Waals surface area contributed by atoms with E-state index in [1.54, 1.807) is 29.0 Å². The number of sulfonamides is 1. The summed E-state index contributed by atoms with van der Waals surface area (Å²) in [5.41, 5.74) is 0.742. The third-order valence-electron chi connectivity index (χ3n) is 5.79. The van der Waals surface area contributed by atoms with Gasteiger partial charge in [0.1, 0.15) is 16.0 Å². The van der Waals surface area contributed by atoms with Crippen LogP contribution in [0, 0.1) is 0 Å². The first-order valence-electron chi connectivity index (χ1n) is 10.9. The van der Waals surface area contributed by atoms with Crippen molar-refractivity contribution < 1.29 is 17.9 Å². The van der Waals surface area contributed by atoms with Crippen LogP contribution >= 0.6 is 34.3 Å². The predicted molar refractivity (Wildman–Crippen MR) is 137 cm³/mol. The van der Waals surface area contributed by atoms with Gasteiger partial charge in [0.2, 0.25) is 5.91 Å². The number of methoxy groups -OCH3 is 1. The van der Waals surface area contributed by atoms with Crippen molar-refractivity contribution in [3.8, 4) is 5.75 Å². The van der Waals surface area contributed by atoms with Crippen LogP contribution in [0.5, 0.6) is 5.75 Å². The molecule has 1 amide bonds. The molecule has 1 aliphatic rings. The Morgan fingerprint density at radius 1 is 1.29 bits per heavy atom. The highest BCUT2D eigenvalue weighted by atomic mass is 35.5. The third kappa shape index (κ3) is 4.81. The summed E-state index contributed by atoms with van der Waals surface area (Å²) in [6.07, 6.45) is 4.53. The summed E-state index contributed by atoms with van der Waals surface area (Å²) < 4.78 is 36.4. The standard InChI is InChI=1S/C22H22ClN5O4S3/c1-32-15-5-6-16-18(14-15)33-22(25-16)27(13-12-26-10-3-9-24-26)21(29)17-4-2-11-28(17)35(30,31)20-8-7-19(23)34-20/h3,5-10,14,17H,2,4,11-13H2,1H3. The number of hydrogen-bond donors (Lipinski definition) is 0. The topological polar surface area (TPSA) is 97.6 Å². The minimum atomic E-state index is -3.85. The van der Waals surface area contributed by atoms with E-state index in [9.17, 15) is 13.2 Å². The molecule has 0 radical (unpaired) electrons. The molecule has 9 nitrogen and oxygen atoms in total. The number of nitrogens with zero attached hydrogens (tertiary/aromatic N) is 5. The van der Waals surface area contributed by atoms with Gasteiger partial charge in [0, 0.05) is 25.5 Å². The zero-order valence-electron chi connectivity index (χ0n) is 18.7. The van der Waals surface area contributed by atoms with Gasteiger partial charge in [-0.15, -0.1) is 11.3 Å². The number of anilines is 1. The molecule has 0 bridgehead atoms. The van der Waals surface area contributed by atoms with Crippen LogP contribution in [-0.4, -0.2) is 59.6 Å². The molecular weight excluding hydrogens is 530 g/mol. The summed E-state index contributed by atoms with van der Waals surface area (Å²) in [4.78, 5) is 20.2. The lowest BCUT2D eigenvalue weighted by Crippen LogP contribution is -2.48. The molecule has 1 aromatic carbocycles. The largest absolute Gasteiger partial charge is 0.497 e. The fourth-order valence-electron chi connectivity index (χ4n) is 4.08. The average molecular weight is 552 g/mol. The number of hydrogen-bond acceptors (Lipinski definition) is 8. The Balaban J connectivity index is 1.48. The van der Waals surface area contributed by atoms with Gasteiger partial charge in [0.05, 0.1) is 28.2 Å². The fraction of sp³-hybridized carbons (Fsp3) is 0.318. The van der Waals surface area contributed by atoms with Gasteiger partial charge in [0.25, 0.3) is 10.0 Å². The van der Waals surface area contributed by atoms with Crippen molar-refractivity contribution in [2.45, 2.75) is 29.6 Å². The van der Waals surface area contributed by atoms with E-state index >= 15 is 0 Å². The summed E-state index contributed by atoms with van der Waals surface area (Å²) in [5.74, 6) is 0.400. The van der Waals surface area contributed by atoms with Crippen LogP contribution in [0.1, 0.15) is 12.8 Å². The SMILES string of the molecule is COc1ccc2nc(N(CCn3cccn3)C(=O)C3CCCN3S(=O)(=O)c3ccc(Cl)s3)sc2c1. The number of ether oxygens (including phenoxy) is 1. The van der Waals surface area contributed by atoms with Crippen LogP contribution in [0.15, 0.2) is 53.0 Å². The van der Waals surface area contributed by atoms with Gasteiger partial charge in [-0.3, -0.25) is 14.4 Å². The molecule has 184 valence electrons. The quantitative estimate of drug-likeness (QED) is 0.327. The van der Waals surface area contributed by atoms with Gasteiger partial charge >= 0.3 is 0 Å². The van der Waals surface area contributed by atoms with E-state index < -0.39 is 16.1 Å². The molecule has 1 aliphatic heterocycles. The molecule has 1 fully saturated rings. The Morgan fingerprint density at radius 3 is 2.86 bits per heavy atom. The van der Waals surface area contributed by atoms with E-state index in [1.165, 1.54) is 21.7 Å². The Morgan fingerprint density at radius 2 is 2.14 bits per heavy atom. The maximum absolute atomic E-state index is 13.9. The van der Waals surface area contributed by atoms with Crippen LogP contribution in [0.4, 0.5) is 5.13 Å². The second kappa shape index (κ2) is 9.86. The summed E-state index contributed by atoms with van der Waals surface area (Å²) in [6.45, 7) is 1.02. The van der Waals surface area contributed by atoms with Gasteiger partial charge in [-0.1, -0.05) is 22.9 Å². The molecule has 5 rings (SSSR count). The Hall–Kier alpha value is -2.51. The van der Waals surface area contributed by atoms with Crippen molar-refractivity contribution in [2.24, 2.45) is 0 Å². The van der Waals surface area contributed by atoms with Crippen LogP contribution < -0.4 is 9.64 Å². The second-order valence-electron chi connectivity index (χ2n) is 7.92. The smallest absolute Gasteiger partial charge is 0.253 e. The van der Waals surface area contributed by atoms with Gasteiger partial charge < -0.3 is 4.74 Å². The highest BCUT2D eigenvalue weighted by Crippen LogP contribution is 2.35. The van der Waals surface area contributed by atoms with Crippen molar-refractivity contribution in [1.29, 1.82) is 0 Å². The molecule has 1 saturated heterocycles. The minimum Gasteiger partial charge on any atom is -0.497 e. The predicted octanol–water partition coefficient (Wildman–Crippen LogP) is 4.10. The maximum atomic E-state index is 13.9. The van der Waals surface area contributed by atoms with Crippen LogP contribution in [-0.2, 0) is 21.4 Å². The van der Waals surface area contributed by atoms with E-state index in [-0.39, 0.29) is 16.7 Å². The second-order valence-corrected chi connectivity index (χ2v) is 12.8. The van der Waals surface area contributed by atoms with Crippen molar-refractivity contribution in [3.05, 3.63) is 53.1 Å². The molecule has 0 saturated carbocycles. The normalized spacial score (nSPS) is 16.7. The minimum absolute atomic E-state index is 0.136. The number of thiazole rings is 1. The Labute approximate surface area is 215 Å². The molecule has 13 heteroatoms. The lowest BCUT2D eigenvalue weighted by Gasteiger charge is -2.28. The van der Waals surface area contributed by atoms with Crippen molar-refractivity contribution in [3.63, 3.8) is 0 Å². The summed E-state index contributed by atoms with van der Waals surface area (Å²) in [5, 5.41) is 4.74.